The molecule has 9 N–H and O–H groups in total. The number of likely N-dealkylation sites (N-methyl/N-ethyl adjacent to an activating group) is 4. The zero-order valence-corrected chi connectivity index (χ0v) is 65.3. The van der Waals surface area contributed by atoms with Crippen LogP contribution in [-0.2, 0) is 80.0 Å². The van der Waals surface area contributed by atoms with Crippen LogP contribution in [0.1, 0.15) is 165 Å². The minimum Gasteiger partial charge on any atom is -0.391 e. The number of hydrogen-bond donors (Lipinski definition) is 9. The maximum absolute atomic E-state index is 15.5. The average Bonchev–Trinajstić information content (AvgIpc) is 1.75. The van der Waals surface area contributed by atoms with Gasteiger partial charge in [0.1, 0.15) is 72.5 Å². The van der Waals surface area contributed by atoms with Crippen LogP contribution in [0, 0.1) is 29.6 Å². The number of hydrogen-bond acceptors (Lipinski definition) is 15. The smallest absolute Gasteiger partial charge is 0.248 e. The van der Waals surface area contributed by atoms with Crippen LogP contribution in [0.5, 0.6) is 0 Å². The van der Waals surface area contributed by atoms with E-state index in [-0.39, 0.29) is 62.8 Å². The minimum absolute atomic E-state index is 0.00451. The van der Waals surface area contributed by atoms with Gasteiger partial charge in [-0.25, -0.2) is 0 Å². The van der Waals surface area contributed by atoms with E-state index in [4.69, 9.17) is 0 Å². The largest absolute Gasteiger partial charge is 0.391 e. The summed E-state index contributed by atoms with van der Waals surface area (Å²) >= 11 is 0. The number of nitrogens with one attached hydrogen (secondary N) is 8. The lowest BCUT2D eigenvalue weighted by atomic mass is 9.95. The molecule has 29 heteroatoms. The highest BCUT2D eigenvalue weighted by molar-refractivity contribution is 6.01. The third kappa shape index (κ3) is 25.1. The maximum atomic E-state index is 15.5. The van der Waals surface area contributed by atoms with Crippen LogP contribution in [0.2, 0.25) is 0 Å². The number of aliphatic hydroxyl groups is 1. The Morgan fingerprint density at radius 3 is 1.56 bits per heavy atom. The van der Waals surface area contributed by atoms with E-state index in [1.54, 1.807) is 95.3 Å². The molecule has 106 heavy (non-hydrogen) atoms. The molecule has 0 spiro atoms. The van der Waals surface area contributed by atoms with Crippen molar-refractivity contribution in [2.24, 2.45) is 29.6 Å². The molecule has 14 amide bonds. The summed E-state index contributed by atoms with van der Waals surface area (Å²) in [5.74, 6) is -12.2. The molecule has 14 atom stereocenters. The maximum Gasteiger partial charge on any atom is 0.248 e. The third-order valence-corrected chi connectivity index (χ3v) is 20.0. The van der Waals surface area contributed by atoms with Crippen LogP contribution in [-0.4, -0.2) is 250 Å². The second-order valence-electron chi connectivity index (χ2n) is 30.7. The van der Waals surface area contributed by atoms with Gasteiger partial charge in [0, 0.05) is 60.7 Å². The summed E-state index contributed by atoms with van der Waals surface area (Å²) < 4.78 is 0. The topological polar surface area (TPSA) is 375 Å². The van der Waals surface area contributed by atoms with Crippen molar-refractivity contribution in [1.29, 1.82) is 0 Å². The summed E-state index contributed by atoms with van der Waals surface area (Å²) in [6, 6.07) is 1.39. The lowest BCUT2D eigenvalue weighted by molar-refractivity contribution is -0.148. The summed E-state index contributed by atoms with van der Waals surface area (Å²) in [5, 5.41) is 33.4. The normalized spacial score (nSPS) is 26.9. The molecular formula is C77H120N14O15. The zero-order valence-electron chi connectivity index (χ0n) is 65.3. The van der Waals surface area contributed by atoms with Crippen LogP contribution in [0.15, 0.2) is 60.7 Å². The number of likely N-dealkylation sites (tertiary alicyclic amines) is 1. The van der Waals surface area contributed by atoms with Gasteiger partial charge in [0.2, 0.25) is 82.7 Å². The van der Waals surface area contributed by atoms with E-state index in [1.165, 1.54) is 68.6 Å². The molecule has 29 nitrogen and oxygen atoms in total. The highest BCUT2D eigenvalue weighted by Crippen LogP contribution is 2.24. The Morgan fingerprint density at radius 1 is 0.472 bits per heavy atom. The molecule has 3 saturated heterocycles. The Bertz CT molecular complexity index is 3370. The van der Waals surface area contributed by atoms with E-state index in [1.807, 2.05) is 34.6 Å². The number of nitrogens with zero attached hydrogens (tertiary/aromatic N) is 6. The minimum atomic E-state index is -1.70. The van der Waals surface area contributed by atoms with E-state index in [9.17, 15) is 57.8 Å². The van der Waals surface area contributed by atoms with Gasteiger partial charge in [-0.1, -0.05) is 136 Å². The molecule has 0 bridgehead atoms. The molecule has 0 radical (unpaired) electrons. The molecule has 588 valence electrons. The number of fused-ring (bicyclic) bond motifs is 1. The van der Waals surface area contributed by atoms with Gasteiger partial charge in [0.25, 0.3) is 0 Å². The zero-order chi connectivity index (χ0) is 79.1. The summed E-state index contributed by atoms with van der Waals surface area (Å²) in [7, 11) is 5.54. The van der Waals surface area contributed by atoms with E-state index in [0.717, 1.165) is 16.2 Å². The summed E-state index contributed by atoms with van der Waals surface area (Å²) in [6.45, 7) is 22.1. The van der Waals surface area contributed by atoms with Gasteiger partial charge < -0.3 is 77.0 Å². The monoisotopic (exact) mass is 1480 g/mol. The van der Waals surface area contributed by atoms with E-state index in [2.05, 4.69) is 42.5 Å². The Hall–Kier alpha value is -9.02. The lowest BCUT2D eigenvalue weighted by Gasteiger charge is -2.37. The second-order valence-corrected chi connectivity index (χ2v) is 30.7. The van der Waals surface area contributed by atoms with Crippen molar-refractivity contribution in [3.63, 3.8) is 0 Å². The second kappa shape index (κ2) is 41.2. The molecular weight excluding hydrogens is 1360 g/mol. The molecule has 0 aromatic heterocycles. The Balaban J connectivity index is 1.61. The van der Waals surface area contributed by atoms with E-state index >= 15 is 14.4 Å². The number of rotatable bonds is 15. The molecule has 3 fully saturated rings. The number of aliphatic hydroxyl groups excluding tert-OH is 1. The molecule has 3 aliphatic heterocycles. The first-order valence-electron chi connectivity index (χ1n) is 37.7. The molecule has 0 unspecified atom stereocenters. The SMILES string of the molecule is CC[C@H](C)[C@H]1C(=O)N[C@@H](Cc2ccccc2)C(=O)N(C)[C@@H](Cc2ccccc2)C(=O)N[C@@H]([C@@H](C)O)C(=O)N2CCC[C@H]2C(=O)N[C@@H](CC(C)C)C(=O)N[C@H](C(=O)N2CCCCC2)CC(=O)N[C@@H](C)C(=O)N[C@@H](C(C)C)C(=O)N(C)CC(=O)N[C@@H](CC(C)C)C(=O)N(C)[C@@H](CC(C)C)C(=O)N[C@@H](C)C(=O)N1C. The quantitative estimate of drug-likeness (QED) is 0.123. The number of benzene rings is 2. The standard InChI is InChI=1S/C77H120N14O15/c1-18-48(10)65-71(100)83-56(40-52-29-22-19-23-30-52)74(103)88(16)60(41-53-31-24-20-25-32-53)70(99)85-64(51(13)92)77(106)91-36-28-33-58(91)68(97)81-54(37-44(2)3)67(96)82-57(75(104)90-34-26-21-27-35-90)42-61(93)78-49(11)66(95)84-63(47(8)9)76(105)86(14)43-62(94)80-55(38-45(4)5)73(102)87(15)59(39-46(6)7)69(98)79-50(12)72(101)89(65)17/h19-20,22-25,29-32,44-51,54-60,63-65,92H,18,21,26-28,33-43H2,1-17H3,(H,78,93)(H,79,98)(H,80,94)(H,81,97)(H,82,96)(H,83,100)(H,84,95)(H,85,99)/t48-,49-,50-,51+,54-,55-,56-,57-,58-,59-,60-,63-,64-,65-/m0/s1. The predicted octanol–water partition coefficient (Wildman–Crippen LogP) is 1.96. The molecule has 0 saturated carbocycles. The molecule has 2 aromatic carbocycles. The van der Waals surface area contributed by atoms with Crippen molar-refractivity contribution in [2.75, 3.05) is 54.4 Å². The van der Waals surface area contributed by atoms with Crippen molar-refractivity contribution in [3.05, 3.63) is 71.8 Å². The van der Waals surface area contributed by atoms with Crippen molar-refractivity contribution in [1.82, 2.24) is 71.9 Å². The molecule has 5 rings (SSSR count). The molecule has 2 aromatic rings. The van der Waals surface area contributed by atoms with Crippen LogP contribution in [0.25, 0.3) is 0 Å². The number of amides is 14. The van der Waals surface area contributed by atoms with E-state index in [0.29, 0.717) is 49.9 Å². The van der Waals surface area contributed by atoms with Crippen LogP contribution in [0.4, 0.5) is 0 Å². The van der Waals surface area contributed by atoms with Crippen molar-refractivity contribution in [2.45, 2.75) is 246 Å². The first kappa shape index (κ1) is 87.6. The van der Waals surface area contributed by atoms with E-state index < -0.39 is 186 Å². The van der Waals surface area contributed by atoms with Gasteiger partial charge in [-0.15, -0.1) is 0 Å². The lowest BCUT2D eigenvalue weighted by Crippen LogP contribution is -2.63. The molecule has 3 heterocycles. The predicted molar refractivity (Wildman–Crippen MR) is 399 cm³/mol. The van der Waals surface area contributed by atoms with Gasteiger partial charge in [-0.3, -0.25) is 67.1 Å². The van der Waals surface area contributed by atoms with Gasteiger partial charge in [0.15, 0.2) is 0 Å². The first-order chi connectivity index (χ1) is 49.9. The van der Waals surface area contributed by atoms with Crippen molar-refractivity contribution < 1.29 is 72.2 Å². The highest BCUT2D eigenvalue weighted by atomic mass is 16.3. The summed E-state index contributed by atoms with van der Waals surface area (Å²) in [5.41, 5.74) is 1.21. The van der Waals surface area contributed by atoms with Gasteiger partial charge in [-0.2, -0.15) is 0 Å². The highest BCUT2D eigenvalue weighted by Gasteiger charge is 2.45. The van der Waals surface area contributed by atoms with Gasteiger partial charge in [-0.05, 0) is 113 Å². The van der Waals surface area contributed by atoms with Gasteiger partial charge >= 0.3 is 0 Å². The Labute approximate surface area is 625 Å². The van der Waals surface area contributed by atoms with Crippen LogP contribution in [0.3, 0.4) is 0 Å². The van der Waals surface area contributed by atoms with Gasteiger partial charge in [0.05, 0.1) is 19.1 Å². The average molecular weight is 1480 g/mol. The van der Waals surface area contributed by atoms with Crippen LogP contribution < -0.4 is 42.5 Å². The Morgan fingerprint density at radius 2 is 1.00 bits per heavy atom. The molecule has 3 aliphatic rings. The first-order valence-corrected chi connectivity index (χ1v) is 37.7. The van der Waals surface area contributed by atoms with Crippen molar-refractivity contribution >= 4 is 82.7 Å². The number of carbonyl (C=O) groups is 14. The number of carbonyl (C=O) groups excluding carboxylic acids is 14. The fourth-order valence-electron chi connectivity index (χ4n) is 13.8. The van der Waals surface area contributed by atoms with Crippen molar-refractivity contribution in [3.8, 4) is 0 Å². The van der Waals surface area contributed by atoms with Crippen LogP contribution >= 0.6 is 0 Å². The summed E-state index contributed by atoms with van der Waals surface area (Å²) in [4.78, 5) is 213. The number of piperidine rings is 1. The third-order valence-electron chi connectivity index (χ3n) is 20.0. The fraction of sp³-hybridized carbons (Fsp3) is 0.662. The summed E-state index contributed by atoms with van der Waals surface area (Å²) in [6.07, 6.45) is 0.711. The Kier molecular flexibility index (Phi) is 34.0. The molecule has 0 aliphatic carbocycles. The fourth-order valence-corrected chi connectivity index (χ4v) is 13.8.